The van der Waals surface area contributed by atoms with Crippen molar-refractivity contribution in [1.82, 2.24) is 10.4 Å². The number of nitrogens with zero attached hydrogens (tertiary/aromatic N) is 1. The molecule has 7 nitrogen and oxygen atoms in total. The van der Waals surface area contributed by atoms with Crippen LogP contribution >= 0.6 is 11.6 Å². The number of benzene rings is 1. The molecule has 0 aliphatic heterocycles. The average molecular weight is 371 g/mol. The van der Waals surface area contributed by atoms with Gasteiger partial charge < -0.3 is 9.47 Å². The van der Waals surface area contributed by atoms with Crippen LogP contribution in [0.15, 0.2) is 24.3 Å². The molecule has 138 valence electrons. The summed E-state index contributed by atoms with van der Waals surface area (Å²) in [6, 6.07) is 5.29. The quantitative estimate of drug-likeness (QED) is 0.629. The number of hydrazine groups is 1. The lowest BCUT2D eigenvalue weighted by Crippen LogP contribution is -2.54. The first kappa shape index (κ1) is 20.8. The van der Waals surface area contributed by atoms with Gasteiger partial charge in [-0.05, 0) is 46.8 Å². The highest BCUT2D eigenvalue weighted by molar-refractivity contribution is 6.31. The van der Waals surface area contributed by atoms with Crippen LogP contribution in [0.3, 0.4) is 0 Å². The predicted molar refractivity (Wildman–Crippen MR) is 93.5 cm³/mol. The Bertz CT molecular complexity index is 633. The van der Waals surface area contributed by atoms with Crippen LogP contribution < -0.4 is 5.43 Å². The Hall–Kier alpha value is -2.28. The van der Waals surface area contributed by atoms with Gasteiger partial charge in [0.05, 0.1) is 12.2 Å². The topological polar surface area (TPSA) is 84.9 Å². The number of hydrogen-bond acceptors (Lipinski definition) is 5. The maximum absolute atomic E-state index is 12.6. The molecule has 0 aliphatic rings. The Morgan fingerprint density at radius 3 is 2.16 bits per heavy atom. The Labute approximate surface area is 152 Å². The Balaban J connectivity index is 3.01. The average Bonchev–Trinajstić information content (AvgIpc) is 2.49. The standard InChI is InChI=1S/C17H23ClN2O5/c1-10(2)24-16(22)19-20(17(23)25-11(3)4)12(5)15(21)13-7-6-8-14(18)9-13/h6-12H,1-5H3,(H,19,22)/t12-/m0/s1. The largest absolute Gasteiger partial charge is 0.446 e. The number of ketones is 1. The van der Waals surface area contributed by atoms with Gasteiger partial charge >= 0.3 is 12.2 Å². The van der Waals surface area contributed by atoms with Gasteiger partial charge in [-0.25, -0.2) is 20.0 Å². The monoisotopic (exact) mass is 370 g/mol. The highest BCUT2D eigenvalue weighted by atomic mass is 35.5. The summed E-state index contributed by atoms with van der Waals surface area (Å²) < 4.78 is 10.0. The lowest BCUT2D eigenvalue weighted by molar-refractivity contribution is 0.0326. The van der Waals surface area contributed by atoms with Gasteiger partial charge in [-0.3, -0.25) is 4.79 Å². The smallest absolute Gasteiger partial charge is 0.429 e. The lowest BCUT2D eigenvalue weighted by atomic mass is 10.1. The van der Waals surface area contributed by atoms with Crippen LogP contribution in [0.5, 0.6) is 0 Å². The third-order valence-electron chi connectivity index (χ3n) is 2.96. The van der Waals surface area contributed by atoms with Crippen molar-refractivity contribution in [3.8, 4) is 0 Å². The minimum atomic E-state index is -1.02. The summed E-state index contributed by atoms with van der Waals surface area (Å²) in [5, 5.41) is 1.20. The molecule has 1 atom stereocenters. The fourth-order valence-electron chi connectivity index (χ4n) is 1.90. The van der Waals surface area contributed by atoms with E-state index in [1.165, 1.54) is 13.0 Å². The van der Waals surface area contributed by atoms with Gasteiger partial charge in [-0.1, -0.05) is 23.7 Å². The molecule has 0 bridgehead atoms. The number of carbonyl (C=O) groups is 3. The summed E-state index contributed by atoms with van der Waals surface area (Å²) in [6.07, 6.45) is -2.53. The van der Waals surface area contributed by atoms with Crippen molar-refractivity contribution in [3.05, 3.63) is 34.9 Å². The molecule has 0 saturated heterocycles. The van der Waals surface area contributed by atoms with E-state index in [1.807, 2.05) is 0 Å². The molecule has 1 aromatic carbocycles. The van der Waals surface area contributed by atoms with Crippen LogP contribution in [0.25, 0.3) is 0 Å². The molecule has 1 N–H and O–H groups in total. The molecular formula is C17H23ClN2O5. The van der Waals surface area contributed by atoms with Gasteiger partial charge in [0.2, 0.25) is 0 Å². The van der Waals surface area contributed by atoms with Crippen LogP contribution in [-0.2, 0) is 9.47 Å². The molecule has 8 heteroatoms. The minimum absolute atomic E-state index is 0.307. The fourth-order valence-corrected chi connectivity index (χ4v) is 2.09. The van der Waals surface area contributed by atoms with Crippen LogP contribution in [-0.4, -0.2) is 41.2 Å². The summed E-state index contributed by atoms with van der Waals surface area (Å²) in [5.41, 5.74) is 2.57. The molecule has 25 heavy (non-hydrogen) atoms. The second kappa shape index (κ2) is 9.27. The van der Waals surface area contributed by atoms with E-state index in [9.17, 15) is 14.4 Å². The van der Waals surface area contributed by atoms with E-state index in [2.05, 4.69) is 5.43 Å². The van der Waals surface area contributed by atoms with Gasteiger partial charge in [-0.2, -0.15) is 0 Å². The number of hydrogen-bond donors (Lipinski definition) is 1. The summed E-state index contributed by atoms with van der Waals surface area (Å²) in [5.74, 6) is -0.409. The summed E-state index contributed by atoms with van der Waals surface area (Å²) in [6.45, 7) is 8.12. The first-order valence-electron chi connectivity index (χ1n) is 7.88. The number of halogens is 1. The Morgan fingerprint density at radius 1 is 1.04 bits per heavy atom. The normalized spacial score (nSPS) is 11.8. The number of nitrogens with one attached hydrogen (secondary N) is 1. The Morgan fingerprint density at radius 2 is 1.64 bits per heavy atom. The van der Waals surface area contributed by atoms with Gasteiger partial charge in [0.15, 0.2) is 5.78 Å². The zero-order chi connectivity index (χ0) is 19.1. The van der Waals surface area contributed by atoms with Crippen LogP contribution in [0.2, 0.25) is 5.02 Å². The summed E-state index contributed by atoms with van der Waals surface area (Å²) >= 11 is 5.90. The van der Waals surface area contributed by atoms with Crippen LogP contribution in [0, 0.1) is 0 Å². The minimum Gasteiger partial charge on any atom is -0.446 e. The second-order valence-electron chi connectivity index (χ2n) is 5.92. The van der Waals surface area contributed by atoms with E-state index in [0.29, 0.717) is 10.6 Å². The molecule has 0 saturated carbocycles. The Kier molecular flexibility index (Phi) is 7.70. The molecule has 0 heterocycles. The molecule has 0 unspecified atom stereocenters. The molecule has 2 amide bonds. The van der Waals surface area contributed by atoms with E-state index in [4.69, 9.17) is 21.1 Å². The maximum atomic E-state index is 12.6. The van der Waals surface area contributed by atoms with E-state index in [0.717, 1.165) is 5.01 Å². The van der Waals surface area contributed by atoms with Crippen molar-refractivity contribution in [2.24, 2.45) is 0 Å². The van der Waals surface area contributed by atoms with Crippen molar-refractivity contribution in [3.63, 3.8) is 0 Å². The highest BCUT2D eigenvalue weighted by Crippen LogP contribution is 2.15. The van der Waals surface area contributed by atoms with Crippen molar-refractivity contribution in [2.45, 2.75) is 52.9 Å². The van der Waals surface area contributed by atoms with Gasteiger partial charge in [0.1, 0.15) is 6.04 Å². The zero-order valence-electron chi connectivity index (χ0n) is 14.9. The van der Waals surface area contributed by atoms with Crippen molar-refractivity contribution in [1.29, 1.82) is 0 Å². The second-order valence-corrected chi connectivity index (χ2v) is 6.36. The molecule has 1 rings (SSSR count). The van der Waals surface area contributed by atoms with E-state index < -0.39 is 30.1 Å². The number of amides is 2. The summed E-state index contributed by atoms with van der Waals surface area (Å²) in [4.78, 5) is 36.8. The molecule has 0 spiro atoms. The number of carbonyl (C=O) groups excluding carboxylic acids is 3. The third kappa shape index (κ3) is 6.62. The van der Waals surface area contributed by atoms with Crippen LogP contribution in [0.1, 0.15) is 45.0 Å². The molecule has 0 radical (unpaired) electrons. The number of rotatable bonds is 5. The van der Waals surface area contributed by atoms with E-state index >= 15 is 0 Å². The van der Waals surface area contributed by atoms with Gasteiger partial charge in [-0.15, -0.1) is 0 Å². The lowest BCUT2D eigenvalue weighted by Gasteiger charge is -2.28. The fraction of sp³-hybridized carbons (Fsp3) is 0.471. The van der Waals surface area contributed by atoms with Gasteiger partial charge in [0, 0.05) is 10.6 Å². The predicted octanol–water partition coefficient (Wildman–Crippen LogP) is 3.81. The summed E-state index contributed by atoms with van der Waals surface area (Å²) in [7, 11) is 0. The third-order valence-corrected chi connectivity index (χ3v) is 3.20. The molecular weight excluding hydrogens is 348 g/mol. The zero-order valence-corrected chi connectivity index (χ0v) is 15.7. The van der Waals surface area contributed by atoms with E-state index in [-0.39, 0.29) is 6.10 Å². The van der Waals surface area contributed by atoms with Gasteiger partial charge in [0.25, 0.3) is 0 Å². The first-order chi connectivity index (χ1) is 11.6. The maximum Gasteiger partial charge on any atom is 0.429 e. The molecule has 0 aromatic heterocycles. The SMILES string of the molecule is CC(C)OC(=O)NN(C(=O)OC(C)C)[C@@H](C)C(=O)c1cccc(Cl)c1. The number of Topliss-reactive ketones (excluding diaryl/α,β-unsaturated/α-hetero) is 1. The molecule has 0 aliphatic carbocycles. The first-order valence-corrected chi connectivity index (χ1v) is 8.26. The van der Waals surface area contributed by atoms with Crippen molar-refractivity contribution >= 4 is 29.6 Å². The molecule has 1 aromatic rings. The van der Waals surface area contributed by atoms with E-state index in [1.54, 1.807) is 45.9 Å². The van der Waals surface area contributed by atoms with Crippen molar-refractivity contribution < 1.29 is 23.9 Å². The number of ether oxygens (including phenoxy) is 2. The van der Waals surface area contributed by atoms with Crippen molar-refractivity contribution in [2.75, 3.05) is 0 Å². The van der Waals surface area contributed by atoms with Crippen LogP contribution in [0.4, 0.5) is 9.59 Å². The highest BCUT2D eigenvalue weighted by Gasteiger charge is 2.31. The molecule has 0 fully saturated rings.